The van der Waals surface area contributed by atoms with Crippen LogP contribution in [0.3, 0.4) is 0 Å². The number of nitriles is 1. The molecular weight excluding hydrogens is 562 g/mol. The van der Waals surface area contributed by atoms with Gasteiger partial charge < -0.3 is 14.8 Å². The number of amidine groups is 1. The van der Waals surface area contributed by atoms with Crippen molar-refractivity contribution in [3.63, 3.8) is 0 Å². The normalized spacial score (nSPS) is 15.1. The van der Waals surface area contributed by atoms with Crippen LogP contribution in [0.2, 0.25) is 5.02 Å². The standard InChI is InChI=1S/C27H21BrClN3O3S/c1-3-34-23-11-19(20(28)13-24(23)35-15-18-8-5-4-7-17(18)14-30)12-25-26(33)32-27(36-25)31-22-10-6-9-21(29)16(22)2/h4-13H,3,15H2,1-2H3,(H,31,32,33)/b25-12+. The third-order valence-corrected chi connectivity index (χ3v) is 7.29. The van der Waals surface area contributed by atoms with Crippen molar-refractivity contribution >= 4 is 62.1 Å². The Bertz CT molecular complexity index is 1430. The zero-order chi connectivity index (χ0) is 25.7. The minimum absolute atomic E-state index is 0.220. The van der Waals surface area contributed by atoms with Gasteiger partial charge in [-0.3, -0.25) is 4.79 Å². The molecule has 0 bridgehead atoms. The number of carbonyl (C=O) groups excluding carboxylic acids is 1. The Morgan fingerprint density at radius 2 is 1.94 bits per heavy atom. The third-order valence-electron chi connectivity index (χ3n) is 5.28. The molecule has 1 saturated heterocycles. The maximum atomic E-state index is 12.6. The number of nitrogens with one attached hydrogen (secondary N) is 1. The molecule has 4 rings (SSSR count). The van der Waals surface area contributed by atoms with Gasteiger partial charge in [0.05, 0.1) is 28.8 Å². The van der Waals surface area contributed by atoms with Gasteiger partial charge in [0, 0.05) is 15.1 Å². The van der Waals surface area contributed by atoms with Crippen LogP contribution >= 0.6 is 39.3 Å². The molecule has 1 amide bonds. The number of rotatable bonds is 7. The molecule has 0 unspecified atom stereocenters. The fourth-order valence-corrected chi connectivity index (χ4v) is 4.83. The minimum atomic E-state index is -0.239. The van der Waals surface area contributed by atoms with E-state index in [2.05, 4.69) is 32.3 Å². The molecule has 0 saturated carbocycles. The van der Waals surface area contributed by atoms with E-state index in [0.29, 0.717) is 44.5 Å². The summed E-state index contributed by atoms with van der Waals surface area (Å²) >= 11 is 11.0. The van der Waals surface area contributed by atoms with Gasteiger partial charge in [0.15, 0.2) is 16.7 Å². The highest BCUT2D eigenvalue weighted by molar-refractivity contribution is 9.10. The Kier molecular flexibility index (Phi) is 8.36. The maximum absolute atomic E-state index is 12.6. The molecule has 1 N–H and O–H groups in total. The van der Waals surface area contributed by atoms with E-state index in [0.717, 1.165) is 21.2 Å². The first-order chi connectivity index (χ1) is 17.4. The Morgan fingerprint density at radius 1 is 1.17 bits per heavy atom. The predicted octanol–water partition coefficient (Wildman–Crippen LogP) is 7.15. The van der Waals surface area contributed by atoms with Gasteiger partial charge in [-0.1, -0.05) is 51.8 Å². The number of amides is 1. The van der Waals surface area contributed by atoms with Crippen molar-refractivity contribution in [2.75, 3.05) is 6.61 Å². The van der Waals surface area contributed by atoms with Crippen LogP contribution in [0.1, 0.15) is 29.2 Å². The van der Waals surface area contributed by atoms with Crippen molar-refractivity contribution in [3.8, 4) is 17.6 Å². The summed E-state index contributed by atoms with van der Waals surface area (Å²) < 4.78 is 12.5. The van der Waals surface area contributed by atoms with Crippen LogP contribution in [0.4, 0.5) is 5.69 Å². The molecule has 0 atom stereocenters. The molecule has 3 aromatic rings. The van der Waals surface area contributed by atoms with E-state index < -0.39 is 0 Å². The molecular formula is C27H21BrClN3O3S. The summed E-state index contributed by atoms with van der Waals surface area (Å²) in [5, 5.41) is 13.2. The first-order valence-corrected chi connectivity index (χ1v) is 13.0. The Balaban J connectivity index is 1.59. The van der Waals surface area contributed by atoms with Gasteiger partial charge >= 0.3 is 0 Å². The second-order valence-electron chi connectivity index (χ2n) is 7.68. The van der Waals surface area contributed by atoms with E-state index in [4.69, 9.17) is 21.1 Å². The lowest BCUT2D eigenvalue weighted by atomic mass is 10.1. The molecule has 0 radical (unpaired) electrons. The molecule has 36 heavy (non-hydrogen) atoms. The Hall–Kier alpha value is -3.25. The van der Waals surface area contributed by atoms with E-state index in [1.165, 1.54) is 11.8 Å². The summed E-state index contributed by atoms with van der Waals surface area (Å²) in [5.74, 6) is 0.825. The topological polar surface area (TPSA) is 83.7 Å². The summed E-state index contributed by atoms with van der Waals surface area (Å²) in [6.07, 6.45) is 1.77. The Morgan fingerprint density at radius 3 is 2.72 bits per heavy atom. The van der Waals surface area contributed by atoms with E-state index >= 15 is 0 Å². The first-order valence-electron chi connectivity index (χ1n) is 11.0. The fraction of sp³-hybridized carbons (Fsp3) is 0.148. The number of thioether (sulfide) groups is 1. The van der Waals surface area contributed by atoms with Gasteiger partial charge in [-0.05, 0) is 73.1 Å². The second-order valence-corrected chi connectivity index (χ2v) is 9.97. The van der Waals surface area contributed by atoms with Crippen molar-refractivity contribution in [2.24, 2.45) is 4.99 Å². The van der Waals surface area contributed by atoms with Crippen molar-refractivity contribution in [1.29, 1.82) is 5.26 Å². The zero-order valence-corrected chi connectivity index (χ0v) is 22.6. The summed E-state index contributed by atoms with van der Waals surface area (Å²) in [6.45, 7) is 4.43. The number of ether oxygens (including phenoxy) is 2. The molecule has 1 aliphatic heterocycles. The van der Waals surface area contributed by atoms with Gasteiger partial charge in [0.25, 0.3) is 5.91 Å². The fourth-order valence-electron chi connectivity index (χ4n) is 3.40. The van der Waals surface area contributed by atoms with Crippen molar-refractivity contribution in [2.45, 2.75) is 20.5 Å². The minimum Gasteiger partial charge on any atom is -0.490 e. The summed E-state index contributed by atoms with van der Waals surface area (Å²) in [6, 6.07) is 18.5. The van der Waals surface area contributed by atoms with Gasteiger partial charge in [-0.2, -0.15) is 5.26 Å². The molecule has 1 aliphatic rings. The average Bonchev–Trinajstić information content (AvgIpc) is 3.21. The SMILES string of the molecule is CCOc1cc(/C=C2/SC(=Nc3cccc(Cl)c3C)NC2=O)c(Br)cc1OCc1ccccc1C#N. The van der Waals surface area contributed by atoms with Crippen molar-refractivity contribution in [3.05, 3.63) is 91.3 Å². The average molecular weight is 583 g/mol. The number of hydrogen-bond donors (Lipinski definition) is 1. The number of nitrogens with zero attached hydrogens (tertiary/aromatic N) is 2. The maximum Gasteiger partial charge on any atom is 0.264 e. The van der Waals surface area contributed by atoms with Crippen molar-refractivity contribution in [1.82, 2.24) is 5.32 Å². The van der Waals surface area contributed by atoms with Gasteiger partial charge in [0.1, 0.15) is 6.61 Å². The van der Waals surface area contributed by atoms with E-state index in [-0.39, 0.29) is 12.5 Å². The molecule has 1 heterocycles. The first kappa shape index (κ1) is 25.8. The Labute approximate surface area is 227 Å². The molecule has 0 aliphatic carbocycles. The monoisotopic (exact) mass is 581 g/mol. The highest BCUT2D eigenvalue weighted by Crippen LogP contribution is 2.38. The second kappa shape index (κ2) is 11.7. The highest BCUT2D eigenvalue weighted by Gasteiger charge is 2.25. The molecule has 3 aromatic carbocycles. The number of hydrogen-bond acceptors (Lipinski definition) is 6. The van der Waals surface area contributed by atoms with Gasteiger partial charge in [-0.15, -0.1) is 0 Å². The van der Waals surface area contributed by atoms with E-state index in [1.54, 1.807) is 24.3 Å². The molecule has 1 fully saturated rings. The molecule has 182 valence electrons. The largest absolute Gasteiger partial charge is 0.490 e. The third kappa shape index (κ3) is 5.93. The van der Waals surface area contributed by atoms with Crippen LogP contribution in [0.15, 0.2) is 69.0 Å². The quantitative estimate of drug-likeness (QED) is 0.299. The van der Waals surface area contributed by atoms with Gasteiger partial charge in [-0.25, -0.2) is 4.99 Å². The summed E-state index contributed by atoms with van der Waals surface area (Å²) in [7, 11) is 0. The van der Waals surface area contributed by atoms with Crippen LogP contribution in [-0.4, -0.2) is 17.7 Å². The van der Waals surface area contributed by atoms with Crippen LogP contribution in [-0.2, 0) is 11.4 Å². The summed E-state index contributed by atoms with van der Waals surface area (Å²) in [5.41, 5.74) is 3.64. The van der Waals surface area contributed by atoms with E-state index in [1.807, 2.05) is 50.2 Å². The molecule has 0 spiro atoms. The van der Waals surface area contributed by atoms with Crippen molar-refractivity contribution < 1.29 is 14.3 Å². The van der Waals surface area contributed by atoms with E-state index in [9.17, 15) is 10.1 Å². The lowest BCUT2D eigenvalue weighted by Crippen LogP contribution is -2.19. The van der Waals surface area contributed by atoms with Crippen LogP contribution in [0.25, 0.3) is 6.08 Å². The molecule has 9 heteroatoms. The zero-order valence-electron chi connectivity index (χ0n) is 19.5. The van der Waals surface area contributed by atoms with Crippen LogP contribution < -0.4 is 14.8 Å². The highest BCUT2D eigenvalue weighted by atomic mass is 79.9. The van der Waals surface area contributed by atoms with Crippen LogP contribution in [0.5, 0.6) is 11.5 Å². The van der Waals surface area contributed by atoms with Gasteiger partial charge in [0.2, 0.25) is 0 Å². The molecule has 6 nitrogen and oxygen atoms in total. The number of aliphatic imine (C=N–C) groups is 1. The van der Waals surface area contributed by atoms with Crippen LogP contribution in [0, 0.1) is 18.3 Å². The smallest absolute Gasteiger partial charge is 0.264 e. The number of benzene rings is 3. The lowest BCUT2D eigenvalue weighted by molar-refractivity contribution is -0.115. The summed E-state index contributed by atoms with van der Waals surface area (Å²) in [4.78, 5) is 17.7. The lowest BCUT2D eigenvalue weighted by Gasteiger charge is -2.14. The molecule has 0 aromatic heterocycles. The number of halogens is 2. The number of carbonyl (C=O) groups is 1. The predicted molar refractivity (Wildman–Crippen MR) is 148 cm³/mol.